The van der Waals surface area contributed by atoms with Gasteiger partial charge in [-0.05, 0) is 42.3 Å². The van der Waals surface area contributed by atoms with Gasteiger partial charge in [-0.2, -0.15) is 0 Å². The van der Waals surface area contributed by atoms with Gasteiger partial charge in [0.05, 0.1) is 0 Å². The van der Waals surface area contributed by atoms with E-state index in [1.165, 1.54) is 12.1 Å². The molecule has 0 bridgehead atoms. The second-order valence-corrected chi connectivity index (χ2v) is 4.94. The normalized spacial score (nSPS) is 10.4. The molecule has 2 aromatic carbocycles. The average molecular weight is 284 g/mol. The van der Waals surface area contributed by atoms with Crippen LogP contribution in [0.1, 0.15) is 11.1 Å². The molecule has 0 amide bonds. The highest BCUT2D eigenvalue weighted by Gasteiger charge is 2.01. The molecule has 0 aliphatic rings. The number of halogens is 3. The van der Waals surface area contributed by atoms with Crippen LogP contribution < -0.4 is 5.32 Å². The van der Waals surface area contributed by atoms with Crippen LogP contribution in [0.5, 0.6) is 0 Å². The lowest BCUT2D eigenvalue weighted by Gasteiger charge is -2.08. The number of rotatable bonds is 3. The molecular weight excluding hydrogens is 272 g/mol. The molecule has 94 valence electrons. The van der Waals surface area contributed by atoms with E-state index in [0.717, 1.165) is 16.1 Å². The molecule has 1 nitrogen and oxygen atoms in total. The van der Waals surface area contributed by atoms with E-state index in [1.807, 2.05) is 25.1 Å². The Bertz CT molecular complexity index is 549. The molecule has 0 fully saturated rings. The zero-order valence-corrected chi connectivity index (χ0v) is 11.3. The Kier molecular flexibility index (Phi) is 4.10. The van der Waals surface area contributed by atoms with Crippen LogP contribution in [0.25, 0.3) is 0 Å². The highest BCUT2D eigenvalue weighted by Crippen LogP contribution is 2.20. The smallest absolute Gasteiger partial charge is 0.126 e. The molecule has 2 aromatic rings. The quantitative estimate of drug-likeness (QED) is 0.831. The van der Waals surface area contributed by atoms with Crippen LogP contribution in [-0.4, -0.2) is 0 Å². The maximum absolute atomic E-state index is 13.1. The van der Waals surface area contributed by atoms with Crippen molar-refractivity contribution < 1.29 is 4.39 Å². The molecule has 0 radical (unpaired) electrons. The number of hydrogen-bond acceptors (Lipinski definition) is 1. The lowest BCUT2D eigenvalue weighted by atomic mass is 10.1. The first-order valence-corrected chi connectivity index (χ1v) is 6.25. The Balaban J connectivity index is 2.08. The highest BCUT2D eigenvalue weighted by atomic mass is 35.5. The molecule has 0 aliphatic carbocycles. The fourth-order valence-electron chi connectivity index (χ4n) is 1.61. The van der Waals surface area contributed by atoms with Crippen molar-refractivity contribution in [3.8, 4) is 0 Å². The first-order valence-electron chi connectivity index (χ1n) is 5.49. The molecule has 0 saturated carbocycles. The monoisotopic (exact) mass is 283 g/mol. The number of nitrogens with one attached hydrogen (secondary N) is 1. The average Bonchev–Trinajstić information content (AvgIpc) is 2.29. The fraction of sp³-hybridized carbons (Fsp3) is 0.143. The molecule has 2 rings (SSSR count). The van der Waals surface area contributed by atoms with Gasteiger partial charge in [-0.3, -0.25) is 0 Å². The maximum Gasteiger partial charge on any atom is 0.126 e. The molecule has 4 heteroatoms. The lowest BCUT2D eigenvalue weighted by Crippen LogP contribution is -2.00. The number of benzene rings is 2. The van der Waals surface area contributed by atoms with E-state index >= 15 is 0 Å². The maximum atomic E-state index is 13.1. The molecule has 0 atom stereocenters. The molecule has 0 saturated heterocycles. The van der Waals surface area contributed by atoms with E-state index in [1.54, 1.807) is 6.07 Å². The molecule has 18 heavy (non-hydrogen) atoms. The summed E-state index contributed by atoms with van der Waals surface area (Å²) < 4.78 is 13.1. The summed E-state index contributed by atoms with van der Waals surface area (Å²) in [6.45, 7) is 2.52. The zero-order valence-electron chi connectivity index (χ0n) is 9.81. The number of anilines is 1. The van der Waals surface area contributed by atoms with E-state index in [2.05, 4.69) is 5.32 Å². The second-order valence-electron chi connectivity index (χ2n) is 4.10. The minimum absolute atomic E-state index is 0.355. The van der Waals surface area contributed by atoms with Gasteiger partial charge in [-0.15, -0.1) is 0 Å². The Morgan fingerprint density at radius 3 is 2.56 bits per heavy atom. The van der Waals surface area contributed by atoms with Gasteiger partial charge in [0.25, 0.3) is 0 Å². The van der Waals surface area contributed by atoms with Gasteiger partial charge >= 0.3 is 0 Å². The number of aryl methyl sites for hydroxylation is 1. The van der Waals surface area contributed by atoms with Crippen molar-refractivity contribution in [1.29, 1.82) is 0 Å². The van der Waals surface area contributed by atoms with Gasteiger partial charge in [0.15, 0.2) is 0 Å². The van der Waals surface area contributed by atoms with E-state index < -0.39 is 0 Å². The summed E-state index contributed by atoms with van der Waals surface area (Å²) in [5.41, 5.74) is 2.72. The summed E-state index contributed by atoms with van der Waals surface area (Å²) in [5, 5.41) is 4.21. The van der Waals surface area contributed by atoms with Crippen LogP contribution >= 0.6 is 23.2 Å². The van der Waals surface area contributed by atoms with Gasteiger partial charge < -0.3 is 5.32 Å². The summed E-state index contributed by atoms with van der Waals surface area (Å²) in [5.74, 6) is -0.355. The van der Waals surface area contributed by atoms with Crippen LogP contribution in [0.4, 0.5) is 10.1 Å². The van der Waals surface area contributed by atoms with Gasteiger partial charge in [-0.25, -0.2) is 4.39 Å². The van der Waals surface area contributed by atoms with E-state index in [-0.39, 0.29) is 5.82 Å². The Morgan fingerprint density at radius 2 is 1.89 bits per heavy atom. The lowest BCUT2D eigenvalue weighted by molar-refractivity contribution is 0.628. The van der Waals surface area contributed by atoms with E-state index in [9.17, 15) is 4.39 Å². The summed E-state index contributed by atoms with van der Waals surface area (Å²) in [4.78, 5) is 0. The summed E-state index contributed by atoms with van der Waals surface area (Å²) in [6.07, 6.45) is 0. The minimum Gasteiger partial charge on any atom is -0.381 e. The summed E-state index contributed by atoms with van der Waals surface area (Å²) in [6, 6.07) is 10.2. The minimum atomic E-state index is -0.355. The van der Waals surface area contributed by atoms with Crippen LogP contribution in [0, 0.1) is 12.7 Å². The topological polar surface area (TPSA) is 12.0 Å². The first-order chi connectivity index (χ1) is 8.54. The largest absolute Gasteiger partial charge is 0.381 e. The number of hydrogen-bond donors (Lipinski definition) is 1. The van der Waals surface area contributed by atoms with Crippen molar-refractivity contribution in [2.75, 3.05) is 5.32 Å². The zero-order chi connectivity index (χ0) is 13.1. The summed E-state index contributed by atoms with van der Waals surface area (Å²) >= 11 is 11.8. The SMILES string of the molecule is Cc1ccc(CNc2cc(F)cc(Cl)c2)cc1Cl. The molecule has 0 heterocycles. The van der Waals surface area contributed by atoms with E-state index in [4.69, 9.17) is 23.2 Å². The molecule has 0 unspecified atom stereocenters. The molecular formula is C14H12Cl2FN. The second kappa shape index (κ2) is 5.59. The van der Waals surface area contributed by atoms with Crippen molar-refractivity contribution in [1.82, 2.24) is 0 Å². The van der Waals surface area contributed by atoms with Crippen molar-refractivity contribution in [3.63, 3.8) is 0 Å². The van der Waals surface area contributed by atoms with Crippen LogP contribution in [-0.2, 0) is 6.54 Å². The third-order valence-electron chi connectivity index (χ3n) is 2.60. The van der Waals surface area contributed by atoms with Crippen LogP contribution in [0.15, 0.2) is 36.4 Å². The predicted molar refractivity (Wildman–Crippen MR) is 74.9 cm³/mol. The molecule has 1 N–H and O–H groups in total. The standard InChI is InChI=1S/C14H12Cl2FN/c1-9-2-3-10(4-14(9)16)8-18-13-6-11(15)5-12(17)7-13/h2-7,18H,8H2,1H3. The van der Waals surface area contributed by atoms with Crippen molar-refractivity contribution in [3.05, 3.63) is 63.4 Å². The fourth-order valence-corrected chi connectivity index (χ4v) is 2.03. The van der Waals surface area contributed by atoms with Crippen LogP contribution in [0.3, 0.4) is 0 Å². The summed E-state index contributed by atoms with van der Waals surface area (Å²) in [7, 11) is 0. The van der Waals surface area contributed by atoms with Gasteiger partial charge in [-0.1, -0.05) is 35.3 Å². The Hall–Kier alpha value is -1.25. The highest BCUT2D eigenvalue weighted by molar-refractivity contribution is 6.31. The van der Waals surface area contributed by atoms with Crippen molar-refractivity contribution in [2.45, 2.75) is 13.5 Å². The van der Waals surface area contributed by atoms with Gasteiger partial charge in [0, 0.05) is 22.3 Å². The Labute approximate surface area is 116 Å². The Morgan fingerprint density at radius 1 is 1.11 bits per heavy atom. The van der Waals surface area contributed by atoms with Crippen molar-refractivity contribution >= 4 is 28.9 Å². The van der Waals surface area contributed by atoms with Gasteiger partial charge in [0.1, 0.15) is 5.82 Å². The molecule has 0 aliphatic heterocycles. The van der Waals surface area contributed by atoms with Crippen LogP contribution in [0.2, 0.25) is 10.0 Å². The molecule has 0 aromatic heterocycles. The predicted octanol–water partition coefficient (Wildman–Crippen LogP) is 5.05. The third kappa shape index (κ3) is 3.37. The third-order valence-corrected chi connectivity index (χ3v) is 3.22. The first kappa shape index (κ1) is 13.2. The van der Waals surface area contributed by atoms with Crippen molar-refractivity contribution in [2.24, 2.45) is 0 Å². The van der Waals surface area contributed by atoms with E-state index in [0.29, 0.717) is 17.3 Å². The molecule has 0 spiro atoms. The van der Waals surface area contributed by atoms with Gasteiger partial charge in [0.2, 0.25) is 0 Å².